The summed E-state index contributed by atoms with van der Waals surface area (Å²) in [4.78, 5) is 37.9. The first-order chi connectivity index (χ1) is 16.7. The SMILES string of the molecule is O=C(c1cc2cccnc2n(Cc2ccccc2)c1=O)N(Cc1ccccc1)c1ccccn1. The fraction of sp³-hybridized carbons (Fsp3) is 0.0714. The van der Waals surface area contributed by atoms with Gasteiger partial charge in [0, 0.05) is 17.8 Å². The van der Waals surface area contributed by atoms with Crippen LogP contribution in [0.15, 0.2) is 114 Å². The maximum absolute atomic E-state index is 13.9. The Balaban J connectivity index is 1.63. The molecule has 0 atom stereocenters. The van der Waals surface area contributed by atoms with E-state index in [4.69, 9.17) is 0 Å². The number of anilines is 1. The monoisotopic (exact) mass is 446 g/mol. The highest BCUT2D eigenvalue weighted by molar-refractivity contribution is 6.06. The molecule has 6 heteroatoms. The van der Waals surface area contributed by atoms with Gasteiger partial charge >= 0.3 is 0 Å². The molecule has 3 aromatic heterocycles. The molecule has 0 unspecified atom stereocenters. The van der Waals surface area contributed by atoms with E-state index in [1.807, 2.05) is 72.8 Å². The number of aromatic nitrogens is 3. The number of pyridine rings is 3. The second kappa shape index (κ2) is 9.50. The van der Waals surface area contributed by atoms with Crippen molar-refractivity contribution in [3.63, 3.8) is 0 Å². The summed E-state index contributed by atoms with van der Waals surface area (Å²) >= 11 is 0. The summed E-state index contributed by atoms with van der Waals surface area (Å²) < 4.78 is 1.57. The predicted molar refractivity (Wildman–Crippen MR) is 133 cm³/mol. The van der Waals surface area contributed by atoms with Crippen molar-refractivity contribution in [1.82, 2.24) is 14.5 Å². The van der Waals surface area contributed by atoms with Gasteiger partial charge in [0.15, 0.2) is 0 Å². The highest BCUT2D eigenvalue weighted by Crippen LogP contribution is 2.19. The van der Waals surface area contributed by atoms with Crippen LogP contribution >= 0.6 is 0 Å². The largest absolute Gasteiger partial charge is 0.288 e. The van der Waals surface area contributed by atoms with Gasteiger partial charge in [0.25, 0.3) is 11.5 Å². The maximum Gasteiger partial charge on any atom is 0.265 e. The molecule has 2 aromatic carbocycles. The quantitative estimate of drug-likeness (QED) is 0.380. The fourth-order valence-corrected chi connectivity index (χ4v) is 3.95. The Kier molecular flexibility index (Phi) is 5.95. The van der Waals surface area contributed by atoms with E-state index >= 15 is 0 Å². The van der Waals surface area contributed by atoms with E-state index in [0.717, 1.165) is 16.5 Å². The molecule has 1 amide bonds. The van der Waals surface area contributed by atoms with Crippen molar-refractivity contribution in [2.45, 2.75) is 13.1 Å². The van der Waals surface area contributed by atoms with Gasteiger partial charge in [-0.2, -0.15) is 0 Å². The van der Waals surface area contributed by atoms with Gasteiger partial charge in [0.05, 0.1) is 13.1 Å². The predicted octanol–water partition coefficient (Wildman–Crippen LogP) is 4.69. The van der Waals surface area contributed by atoms with Gasteiger partial charge < -0.3 is 0 Å². The molecule has 0 aliphatic carbocycles. The smallest absolute Gasteiger partial charge is 0.265 e. The number of nitrogens with zero attached hydrogens (tertiary/aromatic N) is 4. The van der Waals surface area contributed by atoms with Crippen LogP contribution in [0.25, 0.3) is 11.0 Å². The van der Waals surface area contributed by atoms with Crippen LogP contribution in [0.4, 0.5) is 5.82 Å². The zero-order valence-corrected chi connectivity index (χ0v) is 18.4. The molecule has 5 rings (SSSR count). The summed E-state index contributed by atoms with van der Waals surface area (Å²) in [5.41, 5.74) is 2.13. The zero-order chi connectivity index (χ0) is 23.3. The van der Waals surface area contributed by atoms with Gasteiger partial charge in [0.2, 0.25) is 0 Å². The number of carbonyl (C=O) groups is 1. The molecule has 6 nitrogen and oxygen atoms in total. The average molecular weight is 447 g/mol. The van der Waals surface area contributed by atoms with Crippen molar-refractivity contribution in [2.75, 3.05) is 4.90 Å². The van der Waals surface area contributed by atoms with Crippen LogP contribution in [0.3, 0.4) is 0 Å². The minimum absolute atomic E-state index is 0.0815. The van der Waals surface area contributed by atoms with E-state index in [1.54, 1.807) is 46.1 Å². The van der Waals surface area contributed by atoms with E-state index in [-0.39, 0.29) is 11.1 Å². The molecule has 34 heavy (non-hydrogen) atoms. The number of fused-ring (bicyclic) bond motifs is 1. The summed E-state index contributed by atoms with van der Waals surface area (Å²) in [6.45, 7) is 0.608. The normalized spacial score (nSPS) is 10.8. The molecule has 3 heterocycles. The van der Waals surface area contributed by atoms with Gasteiger partial charge in [-0.15, -0.1) is 0 Å². The lowest BCUT2D eigenvalue weighted by atomic mass is 10.1. The highest BCUT2D eigenvalue weighted by atomic mass is 16.2. The van der Waals surface area contributed by atoms with E-state index in [9.17, 15) is 9.59 Å². The first-order valence-corrected chi connectivity index (χ1v) is 11.0. The number of hydrogen-bond acceptors (Lipinski definition) is 4. The molecule has 5 aromatic rings. The molecule has 0 aliphatic heterocycles. The molecular weight excluding hydrogens is 424 g/mol. The number of amides is 1. The van der Waals surface area contributed by atoms with Crippen LogP contribution in [0.5, 0.6) is 0 Å². The Morgan fingerprint density at radius 1 is 0.765 bits per heavy atom. The molecule has 0 bridgehead atoms. The second-order valence-corrected chi connectivity index (χ2v) is 7.92. The first kappa shape index (κ1) is 21.3. The number of rotatable bonds is 6. The lowest BCUT2D eigenvalue weighted by Gasteiger charge is -2.22. The summed E-state index contributed by atoms with van der Waals surface area (Å²) in [5.74, 6) is 0.0803. The Morgan fingerprint density at radius 3 is 2.15 bits per heavy atom. The summed E-state index contributed by atoms with van der Waals surface area (Å²) in [6, 6.07) is 30.0. The van der Waals surface area contributed by atoms with Crippen molar-refractivity contribution < 1.29 is 4.79 Å². The van der Waals surface area contributed by atoms with Crippen molar-refractivity contribution in [1.29, 1.82) is 0 Å². The van der Waals surface area contributed by atoms with E-state index in [2.05, 4.69) is 9.97 Å². The van der Waals surface area contributed by atoms with Crippen molar-refractivity contribution in [3.8, 4) is 0 Å². The van der Waals surface area contributed by atoms with E-state index < -0.39 is 5.91 Å². The molecule has 0 N–H and O–H groups in total. The van der Waals surface area contributed by atoms with Crippen LogP contribution < -0.4 is 10.5 Å². The van der Waals surface area contributed by atoms with E-state index in [0.29, 0.717) is 24.6 Å². The minimum Gasteiger partial charge on any atom is -0.288 e. The van der Waals surface area contributed by atoms with Gasteiger partial charge in [0.1, 0.15) is 17.0 Å². The van der Waals surface area contributed by atoms with Crippen LogP contribution in [0.1, 0.15) is 21.5 Å². The highest BCUT2D eigenvalue weighted by Gasteiger charge is 2.24. The fourth-order valence-electron chi connectivity index (χ4n) is 3.95. The molecular formula is C28H22N4O2. The maximum atomic E-state index is 13.9. The van der Waals surface area contributed by atoms with Gasteiger partial charge in [-0.3, -0.25) is 19.1 Å². The third-order valence-corrected chi connectivity index (χ3v) is 5.62. The van der Waals surface area contributed by atoms with Crippen LogP contribution in [-0.2, 0) is 13.1 Å². The summed E-state index contributed by atoms with van der Waals surface area (Å²) in [7, 11) is 0. The Morgan fingerprint density at radius 2 is 1.44 bits per heavy atom. The van der Waals surface area contributed by atoms with Crippen molar-refractivity contribution >= 4 is 22.8 Å². The summed E-state index contributed by atoms with van der Waals surface area (Å²) in [6.07, 6.45) is 3.29. The third-order valence-electron chi connectivity index (χ3n) is 5.62. The van der Waals surface area contributed by atoms with E-state index in [1.165, 1.54) is 0 Å². The second-order valence-electron chi connectivity index (χ2n) is 7.92. The van der Waals surface area contributed by atoms with Gasteiger partial charge in [-0.1, -0.05) is 66.7 Å². The number of benzene rings is 2. The molecule has 0 saturated heterocycles. The molecule has 0 fully saturated rings. The average Bonchev–Trinajstić information content (AvgIpc) is 2.90. The Labute approximate surface area is 196 Å². The van der Waals surface area contributed by atoms with Crippen LogP contribution in [0, 0.1) is 0 Å². The zero-order valence-electron chi connectivity index (χ0n) is 18.4. The lowest BCUT2D eigenvalue weighted by Crippen LogP contribution is -2.37. The van der Waals surface area contributed by atoms with Crippen molar-refractivity contribution in [2.24, 2.45) is 0 Å². The van der Waals surface area contributed by atoms with Crippen molar-refractivity contribution in [3.05, 3.63) is 136 Å². The molecule has 0 spiro atoms. The van der Waals surface area contributed by atoms with Gasteiger partial charge in [-0.25, -0.2) is 9.97 Å². The number of hydrogen-bond donors (Lipinski definition) is 0. The third kappa shape index (κ3) is 4.34. The first-order valence-electron chi connectivity index (χ1n) is 11.0. The standard InChI is InChI=1S/C28H22N4O2/c33-27(31(25-15-7-8-16-29-25)19-21-10-3-1-4-11-21)24-18-23-14-9-17-30-26(23)32(28(24)34)20-22-12-5-2-6-13-22/h1-18H,19-20H2. The molecule has 0 radical (unpaired) electrons. The Bertz CT molecular complexity index is 1480. The van der Waals surface area contributed by atoms with Gasteiger partial charge in [-0.05, 0) is 41.5 Å². The lowest BCUT2D eigenvalue weighted by molar-refractivity contribution is 0.0982. The molecule has 0 aliphatic rings. The number of carbonyl (C=O) groups excluding carboxylic acids is 1. The molecule has 0 saturated carbocycles. The Hall–Kier alpha value is -4.58. The topological polar surface area (TPSA) is 68.1 Å². The van der Waals surface area contributed by atoms with Crippen LogP contribution in [0.2, 0.25) is 0 Å². The summed E-state index contributed by atoms with van der Waals surface area (Å²) in [5, 5.41) is 0.724. The van der Waals surface area contributed by atoms with Crippen LogP contribution in [-0.4, -0.2) is 20.4 Å². The minimum atomic E-state index is -0.403. The molecule has 166 valence electrons.